The standard InChI is InChI=1S/C20H31N3S/c1-22(2)11-6-12-23(15-16-7-4-3-5-8-16)20(24)21-19-14-17-9-10-18(19)13-17/h3-5,7-8,17-19H,6,9-15H2,1-2H3,(H,21,24)/t17-,18-,19-/m1/s1. The van der Waals surface area contributed by atoms with Gasteiger partial charge in [0.2, 0.25) is 0 Å². The fraction of sp³-hybridized carbons (Fsp3) is 0.650. The second-order valence-electron chi connectivity index (χ2n) is 7.79. The Balaban J connectivity index is 1.58. The molecule has 0 aromatic heterocycles. The van der Waals surface area contributed by atoms with Crippen LogP contribution in [0, 0.1) is 11.8 Å². The molecule has 3 nitrogen and oxygen atoms in total. The van der Waals surface area contributed by atoms with Gasteiger partial charge in [-0.25, -0.2) is 0 Å². The van der Waals surface area contributed by atoms with Gasteiger partial charge in [0.1, 0.15) is 0 Å². The predicted molar refractivity (Wildman–Crippen MR) is 105 cm³/mol. The SMILES string of the molecule is CN(C)CCCN(Cc1ccccc1)C(=S)N[C@@H]1C[C@@H]2CC[C@@H]1C2. The summed E-state index contributed by atoms with van der Waals surface area (Å²) in [5.74, 6) is 1.81. The summed E-state index contributed by atoms with van der Waals surface area (Å²) in [5.41, 5.74) is 1.33. The second-order valence-corrected chi connectivity index (χ2v) is 8.18. The molecule has 0 amide bonds. The second kappa shape index (κ2) is 8.30. The van der Waals surface area contributed by atoms with Crippen molar-refractivity contribution in [1.29, 1.82) is 0 Å². The van der Waals surface area contributed by atoms with Crippen LogP contribution in [-0.4, -0.2) is 48.1 Å². The average molecular weight is 346 g/mol. The molecule has 2 saturated carbocycles. The Morgan fingerprint density at radius 2 is 1.92 bits per heavy atom. The van der Waals surface area contributed by atoms with Crippen LogP contribution in [0.15, 0.2) is 30.3 Å². The minimum absolute atomic E-state index is 0.614. The maximum Gasteiger partial charge on any atom is 0.169 e. The molecule has 1 aromatic rings. The van der Waals surface area contributed by atoms with Gasteiger partial charge in [-0.2, -0.15) is 0 Å². The van der Waals surface area contributed by atoms with E-state index >= 15 is 0 Å². The number of hydrogen-bond donors (Lipinski definition) is 1. The number of nitrogens with one attached hydrogen (secondary N) is 1. The molecule has 0 aliphatic heterocycles. The Bertz CT molecular complexity index is 531. The van der Waals surface area contributed by atoms with Crippen molar-refractivity contribution in [3.8, 4) is 0 Å². The number of hydrogen-bond acceptors (Lipinski definition) is 2. The summed E-state index contributed by atoms with van der Waals surface area (Å²) in [6, 6.07) is 11.3. The zero-order valence-electron chi connectivity index (χ0n) is 15.1. The third-order valence-corrected chi connectivity index (χ3v) is 5.96. The molecule has 2 aliphatic carbocycles. The molecule has 2 fully saturated rings. The lowest BCUT2D eigenvalue weighted by Gasteiger charge is -2.31. The Hall–Kier alpha value is -1.13. The largest absolute Gasteiger partial charge is 0.360 e. The summed E-state index contributed by atoms with van der Waals surface area (Å²) >= 11 is 5.81. The first-order chi connectivity index (χ1) is 11.6. The van der Waals surface area contributed by atoms with E-state index < -0.39 is 0 Å². The van der Waals surface area contributed by atoms with Crippen LogP contribution in [0.4, 0.5) is 0 Å². The highest BCUT2D eigenvalue weighted by Gasteiger charge is 2.39. The number of thiocarbonyl (C=S) groups is 1. The molecule has 132 valence electrons. The zero-order chi connectivity index (χ0) is 16.9. The summed E-state index contributed by atoms with van der Waals surface area (Å²) in [6.45, 7) is 3.02. The molecular formula is C20H31N3S. The molecule has 24 heavy (non-hydrogen) atoms. The molecular weight excluding hydrogens is 314 g/mol. The summed E-state index contributed by atoms with van der Waals surface area (Å²) in [4.78, 5) is 4.60. The minimum atomic E-state index is 0.614. The number of nitrogens with zero attached hydrogens (tertiary/aromatic N) is 2. The number of benzene rings is 1. The van der Waals surface area contributed by atoms with Gasteiger partial charge in [0, 0.05) is 19.1 Å². The summed E-state index contributed by atoms with van der Waals surface area (Å²) in [6.07, 6.45) is 6.70. The van der Waals surface area contributed by atoms with Gasteiger partial charge in [0.05, 0.1) is 0 Å². The highest BCUT2D eigenvalue weighted by atomic mass is 32.1. The molecule has 3 atom stereocenters. The first-order valence-electron chi connectivity index (χ1n) is 9.36. The van der Waals surface area contributed by atoms with E-state index in [1.165, 1.54) is 31.2 Å². The van der Waals surface area contributed by atoms with Crippen LogP contribution < -0.4 is 5.32 Å². The van der Waals surface area contributed by atoms with E-state index in [1.54, 1.807) is 0 Å². The van der Waals surface area contributed by atoms with E-state index in [-0.39, 0.29) is 0 Å². The van der Waals surface area contributed by atoms with Crippen molar-refractivity contribution in [3.05, 3.63) is 35.9 Å². The van der Waals surface area contributed by atoms with Crippen molar-refractivity contribution >= 4 is 17.3 Å². The van der Waals surface area contributed by atoms with Crippen molar-refractivity contribution in [3.63, 3.8) is 0 Å². The molecule has 4 heteroatoms. The Labute approximate surface area is 152 Å². The van der Waals surface area contributed by atoms with Gasteiger partial charge in [-0.1, -0.05) is 36.8 Å². The first kappa shape index (κ1) is 17.7. The van der Waals surface area contributed by atoms with E-state index in [0.29, 0.717) is 6.04 Å². The summed E-state index contributed by atoms with van der Waals surface area (Å²) in [7, 11) is 4.26. The third-order valence-electron chi connectivity index (χ3n) is 5.58. The smallest absolute Gasteiger partial charge is 0.169 e. The normalized spacial score (nSPS) is 25.2. The van der Waals surface area contributed by atoms with Crippen molar-refractivity contribution < 1.29 is 0 Å². The molecule has 0 radical (unpaired) electrons. The van der Waals surface area contributed by atoms with Crippen molar-refractivity contribution in [1.82, 2.24) is 15.1 Å². The van der Waals surface area contributed by atoms with Crippen LogP contribution in [0.1, 0.15) is 37.7 Å². The van der Waals surface area contributed by atoms with Gasteiger partial charge < -0.3 is 15.1 Å². The van der Waals surface area contributed by atoms with Gasteiger partial charge in [-0.3, -0.25) is 0 Å². The van der Waals surface area contributed by atoms with Crippen LogP contribution in [0.3, 0.4) is 0 Å². The van der Waals surface area contributed by atoms with Gasteiger partial charge in [0.25, 0.3) is 0 Å². The molecule has 2 aliphatic rings. The Morgan fingerprint density at radius 3 is 2.54 bits per heavy atom. The third kappa shape index (κ3) is 4.70. The predicted octanol–water partition coefficient (Wildman–Crippen LogP) is 3.50. The van der Waals surface area contributed by atoms with Crippen LogP contribution in [0.5, 0.6) is 0 Å². The maximum absolute atomic E-state index is 5.81. The molecule has 0 saturated heterocycles. The molecule has 0 heterocycles. The first-order valence-corrected chi connectivity index (χ1v) is 9.76. The number of fused-ring (bicyclic) bond motifs is 2. The Kier molecular flexibility index (Phi) is 6.12. The van der Waals surface area contributed by atoms with Crippen molar-refractivity contribution in [2.75, 3.05) is 27.2 Å². The van der Waals surface area contributed by atoms with Gasteiger partial charge >= 0.3 is 0 Å². The molecule has 0 spiro atoms. The lowest BCUT2D eigenvalue weighted by Crippen LogP contribution is -2.46. The molecule has 1 aromatic carbocycles. The fourth-order valence-corrected chi connectivity index (χ4v) is 4.61. The molecule has 2 bridgehead atoms. The zero-order valence-corrected chi connectivity index (χ0v) is 15.9. The van der Waals surface area contributed by atoms with Crippen LogP contribution >= 0.6 is 12.2 Å². The summed E-state index contributed by atoms with van der Waals surface area (Å²) < 4.78 is 0. The van der Waals surface area contributed by atoms with Crippen LogP contribution in [-0.2, 0) is 6.54 Å². The van der Waals surface area contributed by atoms with E-state index in [2.05, 4.69) is 59.5 Å². The molecule has 1 N–H and O–H groups in total. The minimum Gasteiger partial charge on any atom is -0.360 e. The maximum atomic E-state index is 5.81. The van der Waals surface area contributed by atoms with E-state index in [1.807, 2.05) is 0 Å². The van der Waals surface area contributed by atoms with Gasteiger partial charge in [0.15, 0.2) is 5.11 Å². The Morgan fingerprint density at radius 1 is 1.12 bits per heavy atom. The van der Waals surface area contributed by atoms with Gasteiger partial charge in [-0.05, 0) is 75.9 Å². The number of rotatable bonds is 7. The molecule has 0 unspecified atom stereocenters. The van der Waals surface area contributed by atoms with Gasteiger partial charge in [-0.15, -0.1) is 0 Å². The van der Waals surface area contributed by atoms with E-state index in [0.717, 1.165) is 43.0 Å². The van der Waals surface area contributed by atoms with Crippen LogP contribution in [0.2, 0.25) is 0 Å². The highest BCUT2D eigenvalue weighted by Crippen LogP contribution is 2.44. The van der Waals surface area contributed by atoms with Crippen LogP contribution in [0.25, 0.3) is 0 Å². The molecule has 3 rings (SSSR count). The summed E-state index contributed by atoms with van der Waals surface area (Å²) in [5, 5.41) is 4.67. The lowest BCUT2D eigenvalue weighted by molar-refractivity contribution is 0.327. The van der Waals surface area contributed by atoms with Crippen molar-refractivity contribution in [2.24, 2.45) is 11.8 Å². The average Bonchev–Trinajstić information content (AvgIpc) is 3.17. The lowest BCUT2D eigenvalue weighted by atomic mass is 9.95. The quantitative estimate of drug-likeness (QED) is 0.762. The fourth-order valence-electron chi connectivity index (χ4n) is 4.31. The highest BCUT2D eigenvalue weighted by molar-refractivity contribution is 7.80. The topological polar surface area (TPSA) is 18.5 Å². The van der Waals surface area contributed by atoms with Crippen molar-refractivity contribution in [2.45, 2.75) is 44.7 Å². The van der Waals surface area contributed by atoms with E-state index in [9.17, 15) is 0 Å². The monoisotopic (exact) mass is 345 g/mol. The van der Waals surface area contributed by atoms with E-state index in [4.69, 9.17) is 12.2 Å².